The van der Waals surface area contributed by atoms with Gasteiger partial charge in [0, 0.05) is 5.69 Å². The molecule has 25 heavy (non-hydrogen) atoms. The highest BCUT2D eigenvalue weighted by molar-refractivity contribution is 7.80. The van der Waals surface area contributed by atoms with Crippen LogP contribution in [0.2, 0.25) is 0 Å². The van der Waals surface area contributed by atoms with Crippen LogP contribution < -0.4 is 20.2 Å². The van der Waals surface area contributed by atoms with Crippen LogP contribution in [0, 0.1) is 0 Å². The molecular weight excluding hydrogens is 342 g/mol. The largest absolute Gasteiger partial charge is 0.497 e. The summed E-state index contributed by atoms with van der Waals surface area (Å²) >= 11 is 5.15. The number of anilines is 1. The summed E-state index contributed by atoms with van der Waals surface area (Å²) in [6.45, 7) is -0.375. The standard InChI is InChI=1S/C17H17N3O4S/c1-23-14-8-4-13(5-9-14)19-17(25)20-18-10-12-2-6-15(7-3-12)24-11-16(21)22/h2-10H,11H2,1H3,(H,21,22)(H2,19,20,25)/b18-10-. The highest BCUT2D eigenvalue weighted by Gasteiger charge is 1.99. The molecule has 130 valence electrons. The summed E-state index contributed by atoms with van der Waals surface area (Å²) in [5.41, 5.74) is 4.33. The van der Waals surface area contributed by atoms with E-state index in [9.17, 15) is 4.79 Å². The van der Waals surface area contributed by atoms with Gasteiger partial charge in [-0.05, 0) is 66.3 Å². The molecule has 2 aromatic rings. The first-order valence-corrected chi connectivity index (χ1v) is 7.66. The van der Waals surface area contributed by atoms with E-state index in [1.54, 1.807) is 37.6 Å². The minimum absolute atomic E-state index is 0.350. The Morgan fingerprint density at radius 2 is 1.80 bits per heavy atom. The van der Waals surface area contributed by atoms with E-state index in [-0.39, 0.29) is 6.61 Å². The van der Waals surface area contributed by atoms with Crippen molar-refractivity contribution in [2.75, 3.05) is 19.0 Å². The fourth-order valence-corrected chi connectivity index (χ4v) is 1.96. The van der Waals surface area contributed by atoms with E-state index in [0.717, 1.165) is 17.0 Å². The zero-order valence-electron chi connectivity index (χ0n) is 13.4. The lowest BCUT2D eigenvalue weighted by Gasteiger charge is -2.07. The Morgan fingerprint density at radius 1 is 1.16 bits per heavy atom. The number of hydrogen-bond donors (Lipinski definition) is 3. The molecule has 0 aliphatic rings. The van der Waals surface area contributed by atoms with Crippen molar-refractivity contribution in [3.8, 4) is 11.5 Å². The summed E-state index contributed by atoms with van der Waals surface area (Å²) in [4.78, 5) is 10.4. The van der Waals surface area contributed by atoms with Crippen LogP contribution in [0.25, 0.3) is 0 Å². The zero-order chi connectivity index (χ0) is 18.1. The van der Waals surface area contributed by atoms with E-state index >= 15 is 0 Å². The molecule has 0 amide bonds. The molecule has 0 aromatic heterocycles. The quantitative estimate of drug-likeness (QED) is 0.397. The van der Waals surface area contributed by atoms with Crippen LogP contribution in [0.4, 0.5) is 5.69 Å². The topological polar surface area (TPSA) is 92.2 Å². The lowest BCUT2D eigenvalue weighted by molar-refractivity contribution is -0.139. The van der Waals surface area contributed by atoms with Crippen molar-refractivity contribution in [1.82, 2.24) is 5.43 Å². The maximum Gasteiger partial charge on any atom is 0.341 e. The monoisotopic (exact) mass is 359 g/mol. The summed E-state index contributed by atoms with van der Waals surface area (Å²) in [6, 6.07) is 14.2. The summed E-state index contributed by atoms with van der Waals surface area (Å²) in [6.07, 6.45) is 1.59. The smallest absolute Gasteiger partial charge is 0.341 e. The van der Waals surface area contributed by atoms with Gasteiger partial charge in [0.25, 0.3) is 0 Å². The molecule has 0 heterocycles. The Morgan fingerprint density at radius 3 is 2.40 bits per heavy atom. The van der Waals surface area contributed by atoms with Crippen molar-refractivity contribution < 1.29 is 19.4 Å². The van der Waals surface area contributed by atoms with Crippen LogP contribution in [0.5, 0.6) is 11.5 Å². The van der Waals surface area contributed by atoms with Crippen LogP contribution in [0.15, 0.2) is 53.6 Å². The van der Waals surface area contributed by atoms with E-state index < -0.39 is 5.97 Å². The molecule has 0 aliphatic carbocycles. The van der Waals surface area contributed by atoms with Gasteiger partial charge in [-0.25, -0.2) is 4.79 Å². The Hall–Kier alpha value is -3.13. The number of carboxylic acids is 1. The van der Waals surface area contributed by atoms with Crippen molar-refractivity contribution in [3.05, 3.63) is 54.1 Å². The number of methoxy groups -OCH3 is 1. The molecule has 0 atom stereocenters. The number of nitrogens with one attached hydrogen (secondary N) is 2. The summed E-state index contributed by atoms with van der Waals surface area (Å²) in [5.74, 6) is 0.218. The van der Waals surface area contributed by atoms with Gasteiger partial charge in [-0.1, -0.05) is 0 Å². The number of rotatable bonds is 7. The first-order valence-electron chi connectivity index (χ1n) is 7.25. The highest BCUT2D eigenvalue weighted by atomic mass is 32.1. The number of nitrogens with zero attached hydrogens (tertiary/aromatic N) is 1. The van der Waals surface area contributed by atoms with Crippen molar-refractivity contribution in [3.63, 3.8) is 0 Å². The summed E-state index contributed by atoms with van der Waals surface area (Å²) in [5, 5.41) is 15.9. The van der Waals surface area contributed by atoms with E-state index in [0.29, 0.717) is 10.9 Å². The van der Waals surface area contributed by atoms with Gasteiger partial charge in [0.2, 0.25) is 0 Å². The van der Waals surface area contributed by atoms with E-state index in [1.165, 1.54) is 0 Å². The Bertz CT molecular complexity index is 745. The van der Waals surface area contributed by atoms with Gasteiger partial charge in [-0.15, -0.1) is 0 Å². The van der Waals surface area contributed by atoms with Crippen LogP contribution in [-0.4, -0.2) is 36.1 Å². The van der Waals surface area contributed by atoms with Gasteiger partial charge >= 0.3 is 5.97 Å². The van der Waals surface area contributed by atoms with Crippen molar-refractivity contribution >= 4 is 35.2 Å². The second-order valence-electron chi connectivity index (χ2n) is 4.80. The number of aliphatic carboxylic acids is 1. The van der Waals surface area contributed by atoms with Gasteiger partial charge in [0.1, 0.15) is 11.5 Å². The van der Waals surface area contributed by atoms with Crippen LogP contribution >= 0.6 is 12.2 Å². The van der Waals surface area contributed by atoms with Crippen molar-refractivity contribution in [1.29, 1.82) is 0 Å². The average molecular weight is 359 g/mol. The summed E-state index contributed by atoms with van der Waals surface area (Å²) in [7, 11) is 1.61. The maximum atomic E-state index is 10.4. The van der Waals surface area contributed by atoms with Gasteiger partial charge in [-0.2, -0.15) is 5.10 Å². The summed E-state index contributed by atoms with van der Waals surface area (Å²) < 4.78 is 10.1. The fraction of sp³-hybridized carbons (Fsp3) is 0.118. The number of carbonyl (C=O) groups is 1. The number of benzene rings is 2. The van der Waals surface area contributed by atoms with E-state index in [2.05, 4.69) is 15.8 Å². The normalized spacial score (nSPS) is 10.3. The molecule has 8 heteroatoms. The molecule has 7 nitrogen and oxygen atoms in total. The van der Waals surface area contributed by atoms with E-state index in [4.69, 9.17) is 26.8 Å². The van der Waals surface area contributed by atoms with Crippen molar-refractivity contribution in [2.24, 2.45) is 5.10 Å². The number of hydrazone groups is 1. The van der Waals surface area contributed by atoms with Crippen molar-refractivity contribution in [2.45, 2.75) is 0 Å². The molecule has 0 bridgehead atoms. The Labute approximate surface area is 150 Å². The first kappa shape index (κ1) is 18.2. The van der Waals surface area contributed by atoms with Gasteiger partial charge in [-0.3, -0.25) is 5.43 Å². The van der Waals surface area contributed by atoms with Crippen LogP contribution in [0.3, 0.4) is 0 Å². The van der Waals surface area contributed by atoms with Gasteiger partial charge in [0.15, 0.2) is 11.7 Å². The fourth-order valence-electron chi connectivity index (χ4n) is 1.79. The number of carboxylic acid groups (broad SMARTS) is 1. The predicted molar refractivity (Wildman–Crippen MR) is 99.5 cm³/mol. The number of thiocarbonyl (C=S) groups is 1. The second-order valence-corrected chi connectivity index (χ2v) is 5.21. The van der Waals surface area contributed by atoms with Crippen LogP contribution in [0.1, 0.15) is 5.56 Å². The molecule has 2 rings (SSSR count). The first-order chi connectivity index (χ1) is 12.1. The highest BCUT2D eigenvalue weighted by Crippen LogP contribution is 2.14. The maximum absolute atomic E-state index is 10.4. The third kappa shape index (κ3) is 6.48. The molecule has 3 N–H and O–H groups in total. The number of ether oxygens (including phenoxy) is 2. The minimum Gasteiger partial charge on any atom is -0.497 e. The molecule has 0 radical (unpaired) electrons. The molecule has 2 aromatic carbocycles. The van der Waals surface area contributed by atoms with Gasteiger partial charge in [0.05, 0.1) is 13.3 Å². The zero-order valence-corrected chi connectivity index (χ0v) is 14.2. The van der Waals surface area contributed by atoms with E-state index in [1.807, 2.05) is 24.3 Å². The third-order valence-electron chi connectivity index (χ3n) is 2.97. The third-order valence-corrected chi connectivity index (χ3v) is 3.16. The molecule has 0 saturated carbocycles. The van der Waals surface area contributed by atoms with Gasteiger partial charge < -0.3 is 19.9 Å². The predicted octanol–water partition coefficient (Wildman–Crippen LogP) is 2.48. The Balaban J connectivity index is 1.81. The molecule has 0 spiro atoms. The number of hydrogen-bond acceptors (Lipinski definition) is 5. The molecular formula is C17H17N3O4S. The molecule has 0 fully saturated rings. The average Bonchev–Trinajstić information content (AvgIpc) is 2.61. The molecule has 0 saturated heterocycles. The lowest BCUT2D eigenvalue weighted by Crippen LogP contribution is -2.23. The SMILES string of the molecule is COc1ccc(NC(=S)N/N=C\c2ccc(OCC(=O)O)cc2)cc1. The van der Waals surface area contributed by atoms with Crippen LogP contribution in [-0.2, 0) is 4.79 Å². The Kier molecular flexibility index (Phi) is 6.73. The minimum atomic E-state index is -1.02. The second kappa shape index (κ2) is 9.24. The lowest BCUT2D eigenvalue weighted by atomic mass is 10.2. The molecule has 0 aliphatic heterocycles. The molecule has 0 unspecified atom stereocenters.